The first kappa shape index (κ1) is 18.3. The Labute approximate surface area is 160 Å². The van der Waals surface area contributed by atoms with Crippen molar-refractivity contribution in [1.82, 2.24) is 15.1 Å². The first-order chi connectivity index (χ1) is 12.6. The largest absolute Gasteiger partial charge is 0.459 e. The lowest BCUT2D eigenvalue weighted by Crippen LogP contribution is -2.35. The van der Waals surface area contributed by atoms with Crippen LogP contribution in [0.25, 0.3) is 11.7 Å². The topological polar surface area (TPSA) is 67.3 Å². The Balaban J connectivity index is 1.70. The molecule has 0 saturated carbocycles. The summed E-state index contributed by atoms with van der Waals surface area (Å²) in [5.41, 5.74) is 0.601. The number of nitrogens with zero attached hydrogens (tertiary/aromatic N) is 3. The molecule has 3 rings (SSSR count). The number of benzene rings is 1. The SMILES string of the molecule is CCCN(Cc1nnc(-c2ccco2)o1)C(=S)Nc1ccc(F)c(Cl)c1. The van der Waals surface area contributed by atoms with E-state index in [-0.39, 0.29) is 5.02 Å². The number of furan rings is 1. The van der Waals surface area contributed by atoms with Gasteiger partial charge in [0.05, 0.1) is 17.8 Å². The first-order valence-electron chi connectivity index (χ1n) is 7.94. The number of hydrogen-bond donors (Lipinski definition) is 1. The van der Waals surface area contributed by atoms with E-state index in [1.54, 1.807) is 18.2 Å². The number of rotatable bonds is 6. The summed E-state index contributed by atoms with van der Waals surface area (Å²) in [6, 6.07) is 7.82. The average Bonchev–Trinajstić information content (AvgIpc) is 3.29. The van der Waals surface area contributed by atoms with E-state index in [0.29, 0.717) is 41.4 Å². The molecule has 3 aromatic rings. The van der Waals surface area contributed by atoms with E-state index in [1.807, 2.05) is 11.8 Å². The molecule has 6 nitrogen and oxygen atoms in total. The third kappa shape index (κ3) is 4.39. The monoisotopic (exact) mass is 394 g/mol. The van der Waals surface area contributed by atoms with Gasteiger partial charge in [-0.1, -0.05) is 18.5 Å². The molecule has 0 unspecified atom stereocenters. The second-order valence-electron chi connectivity index (χ2n) is 5.46. The predicted octanol–water partition coefficient (Wildman–Crippen LogP) is 4.73. The van der Waals surface area contributed by atoms with Gasteiger partial charge in [-0.05, 0) is 49.0 Å². The van der Waals surface area contributed by atoms with Crippen LogP contribution in [0.2, 0.25) is 5.02 Å². The van der Waals surface area contributed by atoms with Gasteiger partial charge in [0.1, 0.15) is 5.82 Å². The van der Waals surface area contributed by atoms with Crippen molar-refractivity contribution < 1.29 is 13.2 Å². The lowest BCUT2D eigenvalue weighted by molar-refractivity contribution is 0.357. The Morgan fingerprint density at radius 2 is 2.19 bits per heavy atom. The Morgan fingerprint density at radius 1 is 1.35 bits per heavy atom. The number of hydrogen-bond acceptors (Lipinski definition) is 5. The molecule has 0 amide bonds. The van der Waals surface area contributed by atoms with Gasteiger partial charge < -0.3 is 19.1 Å². The minimum Gasteiger partial charge on any atom is -0.459 e. The molecule has 136 valence electrons. The molecule has 2 aromatic heterocycles. The smallest absolute Gasteiger partial charge is 0.283 e. The van der Waals surface area contributed by atoms with Gasteiger partial charge in [0.15, 0.2) is 10.9 Å². The molecule has 1 aromatic carbocycles. The van der Waals surface area contributed by atoms with Crippen LogP contribution in [-0.2, 0) is 6.54 Å². The molecule has 0 aliphatic carbocycles. The van der Waals surface area contributed by atoms with Crippen molar-refractivity contribution in [3.05, 3.63) is 53.3 Å². The lowest BCUT2D eigenvalue weighted by atomic mass is 10.3. The van der Waals surface area contributed by atoms with Gasteiger partial charge in [0.25, 0.3) is 5.89 Å². The summed E-state index contributed by atoms with van der Waals surface area (Å²) < 4.78 is 24.1. The van der Waals surface area contributed by atoms with E-state index in [2.05, 4.69) is 15.5 Å². The van der Waals surface area contributed by atoms with Gasteiger partial charge in [-0.2, -0.15) is 0 Å². The van der Waals surface area contributed by atoms with Crippen LogP contribution in [0.5, 0.6) is 0 Å². The maximum Gasteiger partial charge on any atom is 0.283 e. The minimum atomic E-state index is -0.482. The van der Waals surface area contributed by atoms with Crippen LogP contribution in [0.1, 0.15) is 19.2 Å². The van der Waals surface area contributed by atoms with Crippen molar-refractivity contribution in [3.63, 3.8) is 0 Å². The van der Waals surface area contributed by atoms with E-state index < -0.39 is 5.82 Å². The van der Waals surface area contributed by atoms with Crippen molar-refractivity contribution >= 4 is 34.6 Å². The fourth-order valence-electron chi connectivity index (χ4n) is 2.28. The fourth-order valence-corrected chi connectivity index (χ4v) is 2.73. The highest BCUT2D eigenvalue weighted by Gasteiger charge is 2.16. The Bertz CT molecular complexity index is 885. The summed E-state index contributed by atoms with van der Waals surface area (Å²) in [7, 11) is 0. The summed E-state index contributed by atoms with van der Waals surface area (Å²) in [5, 5.41) is 11.5. The summed E-state index contributed by atoms with van der Waals surface area (Å²) in [5.74, 6) is 0.745. The fraction of sp³-hybridized carbons (Fsp3) is 0.235. The number of aromatic nitrogens is 2. The first-order valence-corrected chi connectivity index (χ1v) is 8.72. The molecular formula is C17H16ClFN4O2S. The van der Waals surface area contributed by atoms with Crippen LogP contribution >= 0.6 is 23.8 Å². The molecule has 26 heavy (non-hydrogen) atoms. The van der Waals surface area contributed by atoms with Crippen LogP contribution in [-0.4, -0.2) is 26.8 Å². The van der Waals surface area contributed by atoms with Gasteiger partial charge in [0, 0.05) is 12.2 Å². The summed E-state index contributed by atoms with van der Waals surface area (Å²) in [6.07, 6.45) is 2.40. The van der Waals surface area contributed by atoms with Crippen LogP contribution < -0.4 is 5.32 Å². The maximum atomic E-state index is 13.3. The quantitative estimate of drug-likeness (QED) is 0.606. The van der Waals surface area contributed by atoms with E-state index >= 15 is 0 Å². The molecule has 0 bridgehead atoms. The molecule has 0 radical (unpaired) electrons. The highest BCUT2D eigenvalue weighted by Crippen LogP contribution is 2.21. The van der Waals surface area contributed by atoms with Crippen molar-refractivity contribution in [3.8, 4) is 11.7 Å². The Kier molecular flexibility index (Phi) is 5.85. The molecule has 1 N–H and O–H groups in total. The summed E-state index contributed by atoms with van der Waals surface area (Å²) >= 11 is 11.3. The zero-order valence-corrected chi connectivity index (χ0v) is 15.5. The molecule has 0 atom stereocenters. The number of nitrogens with one attached hydrogen (secondary N) is 1. The van der Waals surface area contributed by atoms with E-state index in [0.717, 1.165) is 6.42 Å². The zero-order chi connectivity index (χ0) is 18.5. The van der Waals surface area contributed by atoms with E-state index in [1.165, 1.54) is 18.4 Å². The zero-order valence-electron chi connectivity index (χ0n) is 13.9. The summed E-state index contributed by atoms with van der Waals surface area (Å²) in [4.78, 5) is 1.88. The maximum absolute atomic E-state index is 13.3. The van der Waals surface area contributed by atoms with Crippen molar-refractivity contribution in [1.29, 1.82) is 0 Å². The van der Waals surface area contributed by atoms with Crippen LogP contribution in [0, 0.1) is 5.82 Å². The summed E-state index contributed by atoms with van der Waals surface area (Å²) in [6.45, 7) is 3.05. The second-order valence-corrected chi connectivity index (χ2v) is 6.25. The highest BCUT2D eigenvalue weighted by atomic mass is 35.5. The molecule has 0 spiro atoms. The number of halogens is 2. The van der Waals surface area contributed by atoms with Gasteiger partial charge >= 0.3 is 0 Å². The standard InChI is InChI=1S/C17H16ClFN4O2S/c1-2-7-23(17(26)20-11-5-6-13(19)12(18)9-11)10-15-21-22-16(25-15)14-4-3-8-24-14/h3-6,8-9H,2,7,10H2,1H3,(H,20,26). The number of anilines is 1. The van der Waals surface area contributed by atoms with Crippen LogP contribution in [0.15, 0.2) is 45.4 Å². The number of thiocarbonyl (C=S) groups is 1. The molecule has 9 heteroatoms. The second kappa shape index (κ2) is 8.29. The van der Waals surface area contributed by atoms with Gasteiger partial charge in [-0.3, -0.25) is 0 Å². The Morgan fingerprint density at radius 3 is 2.88 bits per heavy atom. The minimum absolute atomic E-state index is 0.0276. The molecule has 0 saturated heterocycles. The van der Waals surface area contributed by atoms with Crippen LogP contribution in [0.3, 0.4) is 0 Å². The molecule has 2 heterocycles. The van der Waals surface area contributed by atoms with Crippen molar-refractivity contribution in [2.75, 3.05) is 11.9 Å². The average molecular weight is 395 g/mol. The van der Waals surface area contributed by atoms with Crippen molar-refractivity contribution in [2.45, 2.75) is 19.9 Å². The van der Waals surface area contributed by atoms with Crippen molar-refractivity contribution in [2.24, 2.45) is 0 Å². The third-order valence-corrected chi connectivity index (χ3v) is 4.13. The third-order valence-electron chi connectivity index (χ3n) is 3.48. The molecule has 0 fully saturated rings. The molecule has 0 aliphatic rings. The normalized spacial score (nSPS) is 10.7. The van der Waals surface area contributed by atoms with E-state index in [9.17, 15) is 4.39 Å². The van der Waals surface area contributed by atoms with Gasteiger partial charge in [-0.15, -0.1) is 10.2 Å². The van der Waals surface area contributed by atoms with Crippen LogP contribution in [0.4, 0.5) is 10.1 Å². The predicted molar refractivity (Wildman–Crippen MR) is 100 cm³/mol. The molecule has 0 aliphatic heterocycles. The van der Waals surface area contributed by atoms with E-state index in [4.69, 9.17) is 32.7 Å². The highest BCUT2D eigenvalue weighted by molar-refractivity contribution is 7.80. The van der Waals surface area contributed by atoms with Gasteiger partial charge in [0.2, 0.25) is 5.89 Å². The molecular weight excluding hydrogens is 379 g/mol. The Hall–Kier alpha value is -2.45. The van der Waals surface area contributed by atoms with Gasteiger partial charge in [-0.25, -0.2) is 4.39 Å². The lowest BCUT2D eigenvalue weighted by Gasteiger charge is -2.24.